The number of ether oxygens (including phenoxy) is 1. The molecular weight excluding hydrogens is 518 g/mol. The van der Waals surface area contributed by atoms with Crippen LogP contribution >= 0.6 is 23.1 Å². The van der Waals surface area contributed by atoms with Crippen LogP contribution in [0, 0.1) is 0 Å². The van der Waals surface area contributed by atoms with Crippen LogP contribution in [0.4, 0.5) is 10.5 Å². The Morgan fingerprint density at radius 1 is 1.08 bits per heavy atom. The Hall–Kier alpha value is -3.63. The van der Waals surface area contributed by atoms with E-state index in [0.717, 1.165) is 53.2 Å². The van der Waals surface area contributed by atoms with Gasteiger partial charge < -0.3 is 10.1 Å². The van der Waals surface area contributed by atoms with Gasteiger partial charge in [0.1, 0.15) is 16.4 Å². The van der Waals surface area contributed by atoms with Crippen LogP contribution in [0.3, 0.4) is 0 Å². The molecule has 1 aliphatic carbocycles. The molecule has 0 radical (unpaired) electrons. The third-order valence-electron chi connectivity index (χ3n) is 6.91. The number of nitrogens with zero attached hydrogens (tertiary/aromatic N) is 4. The van der Waals surface area contributed by atoms with Gasteiger partial charge in [0.2, 0.25) is 5.78 Å². The Morgan fingerprint density at radius 2 is 1.87 bits per heavy atom. The number of methoxy groups -OCH3 is 1. The zero-order valence-electron chi connectivity index (χ0n) is 21.0. The van der Waals surface area contributed by atoms with Crippen molar-refractivity contribution in [3.8, 4) is 5.75 Å². The van der Waals surface area contributed by atoms with Crippen LogP contribution in [0.25, 0.3) is 16.0 Å². The number of nitrogens with one attached hydrogen (secondary N) is 1. The van der Waals surface area contributed by atoms with Crippen molar-refractivity contribution in [2.45, 2.75) is 44.4 Å². The molecule has 0 spiro atoms. The lowest BCUT2D eigenvalue weighted by molar-refractivity contribution is 0.269. The summed E-state index contributed by atoms with van der Waals surface area (Å²) in [7, 11) is 1.57. The predicted octanol–water partition coefficient (Wildman–Crippen LogP) is 5.70. The van der Waals surface area contributed by atoms with E-state index in [1.54, 1.807) is 35.1 Å². The number of fused-ring (bicyclic) bond motifs is 5. The minimum atomic E-state index is -0.217. The van der Waals surface area contributed by atoms with Crippen molar-refractivity contribution in [3.05, 3.63) is 86.8 Å². The highest BCUT2D eigenvalue weighted by atomic mass is 32.2. The average molecular weight is 546 g/mol. The Balaban J connectivity index is 1.36. The largest absolute Gasteiger partial charge is 0.495 e. The number of carbonyl (C=O) groups is 1. The SMILES string of the molecule is COc1ccccc1NC(=O)SCc1nnc2n(CCc3ccccc3)c(=O)c3c4c(sc3n12)CCCC4. The van der Waals surface area contributed by atoms with Gasteiger partial charge in [0, 0.05) is 11.4 Å². The van der Waals surface area contributed by atoms with Crippen molar-refractivity contribution in [1.82, 2.24) is 19.2 Å². The quantitative estimate of drug-likeness (QED) is 0.282. The van der Waals surface area contributed by atoms with Gasteiger partial charge in [0.25, 0.3) is 10.8 Å². The Kier molecular flexibility index (Phi) is 6.90. The number of aromatic nitrogens is 4. The van der Waals surface area contributed by atoms with Gasteiger partial charge in [-0.3, -0.25) is 18.6 Å². The Morgan fingerprint density at radius 3 is 2.71 bits per heavy atom. The van der Waals surface area contributed by atoms with E-state index in [-0.39, 0.29) is 10.8 Å². The second-order valence-electron chi connectivity index (χ2n) is 9.24. The van der Waals surface area contributed by atoms with Gasteiger partial charge in [-0.2, -0.15) is 0 Å². The molecule has 194 valence electrons. The second-order valence-corrected chi connectivity index (χ2v) is 11.3. The summed E-state index contributed by atoms with van der Waals surface area (Å²) in [5, 5.41) is 12.4. The van der Waals surface area contributed by atoms with E-state index in [1.165, 1.54) is 10.4 Å². The highest BCUT2D eigenvalue weighted by Gasteiger charge is 2.25. The van der Waals surface area contributed by atoms with E-state index in [0.29, 0.717) is 41.8 Å². The van der Waals surface area contributed by atoms with E-state index in [1.807, 2.05) is 34.7 Å². The minimum Gasteiger partial charge on any atom is -0.495 e. The molecule has 2 aromatic carbocycles. The first-order valence-corrected chi connectivity index (χ1v) is 14.5. The highest BCUT2D eigenvalue weighted by molar-refractivity contribution is 8.13. The lowest BCUT2D eigenvalue weighted by Crippen LogP contribution is -2.25. The summed E-state index contributed by atoms with van der Waals surface area (Å²) in [4.78, 5) is 28.8. The number of amides is 1. The van der Waals surface area contributed by atoms with E-state index in [9.17, 15) is 9.59 Å². The first-order chi connectivity index (χ1) is 18.6. The molecule has 8 nitrogen and oxygen atoms in total. The average Bonchev–Trinajstić information content (AvgIpc) is 3.54. The van der Waals surface area contributed by atoms with Crippen LogP contribution in [0.1, 0.15) is 34.7 Å². The van der Waals surface area contributed by atoms with Crippen molar-refractivity contribution in [1.29, 1.82) is 0 Å². The molecule has 1 amide bonds. The number of carbonyl (C=O) groups excluding carboxylic acids is 1. The molecular formula is C28H27N5O3S2. The number of hydrogen-bond acceptors (Lipinski definition) is 7. The standard InChI is InChI=1S/C28H27N5O3S2/c1-36-21-13-7-6-12-20(21)29-28(35)37-17-23-30-31-27-32(16-15-18-9-3-2-4-10-18)25(34)24-19-11-5-8-14-22(19)38-26(24)33(23)27/h2-4,6-7,9-10,12-13H,5,8,11,14-17H2,1H3,(H,29,35). The monoisotopic (exact) mass is 545 g/mol. The summed E-state index contributed by atoms with van der Waals surface area (Å²) in [5.41, 5.74) is 2.95. The number of anilines is 1. The number of aryl methyl sites for hydroxylation is 4. The maximum atomic E-state index is 13.8. The van der Waals surface area contributed by atoms with E-state index in [4.69, 9.17) is 4.74 Å². The minimum absolute atomic E-state index is 0.00310. The Labute approximate surface area is 227 Å². The molecule has 5 aromatic rings. The molecule has 6 rings (SSSR count). The smallest absolute Gasteiger partial charge is 0.283 e. The summed E-state index contributed by atoms with van der Waals surface area (Å²) in [5.74, 6) is 2.09. The molecule has 0 fully saturated rings. The fraction of sp³-hybridized carbons (Fsp3) is 0.286. The summed E-state index contributed by atoms with van der Waals surface area (Å²) in [6, 6.07) is 17.4. The lowest BCUT2D eigenvalue weighted by atomic mass is 9.97. The molecule has 1 N–H and O–H groups in total. The normalized spacial score (nSPS) is 13.1. The first kappa shape index (κ1) is 24.7. The summed E-state index contributed by atoms with van der Waals surface area (Å²) < 4.78 is 9.09. The van der Waals surface area contributed by atoms with Crippen molar-refractivity contribution >= 4 is 50.0 Å². The zero-order valence-corrected chi connectivity index (χ0v) is 22.6. The third-order valence-corrected chi connectivity index (χ3v) is 8.96. The second kappa shape index (κ2) is 10.6. The number of benzene rings is 2. The van der Waals surface area contributed by atoms with Crippen LogP contribution in [0.15, 0.2) is 59.4 Å². The van der Waals surface area contributed by atoms with Crippen molar-refractivity contribution in [2.75, 3.05) is 12.4 Å². The summed E-state index contributed by atoms with van der Waals surface area (Å²) in [6.45, 7) is 0.506. The third kappa shape index (κ3) is 4.58. The van der Waals surface area contributed by atoms with Crippen LogP contribution in [0.2, 0.25) is 0 Å². The van der Waals surface area contributed by atoms with Gasteiger partial charge in [0.15, 0.2) is 0 Å². The van der Waals surface area contributed by atoms with Crippen LogP contribution in [-0.4, -0.2) is 31.5 Å². The maximum absolute atomic E-state index is 13.8. The van der Waals surface area contributed by atoms with E-state index in [2.05, 4.69) is 27.6 Å². The molecule has 0 saturated heterocycles. The molecule has 0 aliphatic heterocycles. The molecule has 0 bridgehead atoms. The highest BCUT2D eigenvalue weighted by Crippen LogP contribution is 2.36. The van der Waals surface area contributed by atoms with Gasteiger partial charge in [-0.15, -0.1) is 21.5 Å². The summed E-state index contributed by atoms with van der Waals surface area (Å²) in [6.07, 6.45) is 4.86. The zero-order chi connectivity index (χ0) is 26.1. The molecule has 3 aromatic heterocycles. The molecule has 38 heavy (non-hydrogen) atoms. The predicted molar refractivity (Wildman–Crippen MR) is 153 cm³/mol. The van der Waals surface area contributed by atoms with Gasteiger partial charge in [-0.05, 0) is 55.4 Å². The summed E-state index contributed by atoms with van der Waals surface area (Å²) >= 11 is 2.79. The fourth-order valence-electron chi connectivity index (χ4n) is 5.05. The van der Waals surface area contributed by atoms with Crippen LogP contribution in [-0.2, 0) is 31.6 Å². The van der Waals surface area contributed by atoms with Crippen molar-refractivity contribution in [2.24, 2.45) is 0 Å². The van der Waals surface area contributed by atoms with Crippen molar-refractivity contribution in [3.63, 3.8) is 0 Å². The molecule has 10 heteroatoms. The van der Waals surface area contributed by atoms with Crippen LogP contribution < -0.4 is 15.6 Å². The van der Waals surface area contributed by atoms with Gasteiger partial charge in [-0.25, -0.2) is 0 Å². The number of hydrogen-bond donors (Lipinski definition) is 1. The molecule has 1 aliphatic rings. The van der Waals surface area contributed by atoms with E-state index < -0.39 is 0 Å². The van der Waals surface area contributed by atoms with Crippen LogP contribution in [0.5, 0.6) is 5.75 Å². The number of thiophene rings is 1. The number of rotatable bonds is 7. The first-order valence-electron chi connectivity index (χ1n) is 12.7. The maximum Gasteiger partial charge on any atom is 0.283 e. The van der Waals surface area contributed by atoms with Gasteiger partial charge >= 0.3 is 0 Å². The molecule has 0 unspecified atom stereocenters. The lowest BCUT2D eigenvalue weighted by Gasteiger charge is -2.12. The Bertz CT molecular complexity index is 1690. The van der Waals surface area contributed by atoms with Crippen molar-refractivity contribution < 1.29 is 9.53 Å². The van der Waals surface area contributed by atoms with Gasteiger partial charge in [0.05, 0.1) is 23.9 Å². The number of thioether (sulfide) groups is 1. The van der Waals surface area contributed by atoms with Gasteiger partial charge in [-0.1, -0.05) is 54.2 Å². The molecule has 0 saturated carbocycles. The number of para-hydroxylation sites is 2. The molecule has 0 atom stereocenters. The van der Waals surface area contributed by atoms with E-state index >= 15 is 0 Å². The molecule has 3 heterocycles. The topological polar surface area (TPSA) is 90.5 Å². The fourth-order valence-corrected chi connectivity index (χ4v) is 7.08.